The van der Waals surface area contributed by atoms with Crippen molar-refractivity contribution in [3.05, 3.63) is 22.9 Å². The molecule has 17 nitrogen and oxygen atoms in total. The van der Waals surface area contributed by atoms with Gasteiger partial charge >= 0.3 is 5.97 Å². The van der Waals surface area contributed by atoms with Crippen molar-refractivity contribution < 1.29 is 49.0 Å². The fourth-order valence-electron chi connectivity index (χ4n) is 6.39. The molecule has 19 heteroatoms. The number of likely N-dealkylation sites (tertiary alicyclic amines) is 1. The minimum absolute atomic E-state index is 0.164. The highest BCUT2D eigenvalue weighted by Gasteiger charge is 2.48. The molecule has 2 aromatic heterocycles. The van der Waals surface area contributed by atoms with Gasteiger partial charge in [0, 0.05) is 29.0 Å². The molecule has 3 aliphatic heterocycles. The van der Waals surface area contributed by atoms with Crippen LogP contribution in [0.15, 0.2) is 33.0 Å². The van der Waals surface area contributed by atoms with E-state index in [1.165, 1.54) is 44.6 Å². The number of imidazole rings is 1. The summed E-state index contributed by atoms with van der Waals surface area (Å²) < 4.78 is 24.6. The SMILES string of the molecule is CCN(CC)CC.C[C@H](O[C@@H]1O[C@H](C(=O)O)[C@@H](O)[C@H](O)[C@H]1O)C(=O)N1CCC(CCn2c(Sc3cc4c(cc3Br)OCO4)nc3c(N)ncnc32)CC1. The fourth-order valence-corrected chi connectivity index (χ4v) is 7.90. The summed E-state index contributed by atoms with van der Waals surface area (Å²) in [4.78, 5) is 42.8. The number of aliphatic carboxylic acids is 1. The normalized spacial score (nSPS) is 23.6. The highest BCUT2D eigenvalue weighted by Crippen LogP contribution is 2.43. The third kappa shape index (κ3) is 9.51. The van der Waals surface area contributed by atoms with Gasteiger partial charge < -0.3 is 59.5 Å². The molecule has 0 radical (unpaired) electrons. The number of carboxylic acid groups (broad SMARTS) is 1. The van der Waals surface area contributed by atoms with Crippen molar-refractivity contribution in [3.8, 4) is 11.5 Å². The Balaban J connectivity index is 0.000000705. The number of nitrogen functional groups attached to an aromatic ring is 1. The van der Waals surface area contributed by atoms with Crippen LogP contribution in [-0.4, -0.2) is 138 Å². The van der Waals surface area contributed by atoms with E-state index in [0.29, 0.717) is 53.4 Å². The van der Waals surface area contributed by atoms with Crippen molar-refractivity contribution in [1.82, 2.24) is 29.3 Å². The Hall–Kier alpha value is -3.30. The maximum atomic E-state index is 13.2. The number of rotatable bonds is 12. The van der Waals surface area contributed by atoms with Crippen LogP contribution in [0.3, 0.4) is 0 Å². The monoisotopic (exact) mass is 825 g/mol. The first-order chi connectivity index (χ1) is 25.4. The number of aliphatic hydroxyl groups is 3. The van der Waals surface area contributed by atoms with E-state index in [2.05, 4.69) is 51.6 Å². The van der Waals surface area contributed by atoms with Crippen molar-refractivity contribution in [2.45, 2.75) is 100 Å². The van der Waals surface area contributed by atoms with Crippen LogP contribution in [0.2, 0.25) is 0 Å². The molecule has 0 saturated carbocycles. The predicted octanol–water partition coefficient (Wildman–Crippen LogP) is 2.33. The number of nitrogens with zero attached hydrogens (tertiary/aromatic N) is 6. The van der Waals surface area contributed by atoms with E-state index in [4.69, 9.17) is 29.7 Å². The molecule has 5 heterocycles. The average Bonchev–Trinajstić information content (AvgIpc) is 3.76. The molecular formula is C34H48BrN7O10S. The summed E-state index contributed by atoms with van der Waals surface area (Å²) in [6, 6.07) is 3.75. The minimum Gasteiger partial charge on any atom is -0.479 e. The quantitative estimate of drug-likeness (QED) is 0.177. The number of aryl methyl sites for hydroxylation is 1. The summed E-state index contributed by atoms with van der Waals surface area (Å²) in [6.07, 6.45) is -6.24. The molecule has 292 valence electrons. The molecule has 0 unspecified atom stereocenters. The van der Waals surface area contributed by atoms with E-state index in [9.17, 15) is 30.0 Å². The number of amides is 1. The first-order valence-corrected chi connectivity index (χ1v) is 19.3. The predicted molar refractivity (Wildman–Crippen MR) is 196 cm³/mol. The zero-order chi connectivity index (χ0) is 38.4. The Kier molecular flexibility index (Phi) is 14.2. The van der Waals surface area contributed by atoms with Crippen LogP contribution in [0.25, 0.3) is 11.2 Å². The van der Waals surface area contributed by atoms with Gasteiger partial charge in [0.25, 0.3) is 5.91 Å². The van der Waals surface area contributed by atoms with Gasteiger partial charge in [-0.1, -0.05) is 32.5 Å². The summed E-state index contributed by atoms with van der Waals surface area (Å²) in [5.41, 5.74) is 7.28. The molecule has 0 aliphatic carbocycles. The number of nitrogens with two attached hydrogens (primary N) is 1. The molecule has 3 aromatic rings. The topological polar surface area (TPSA) is 228 Å². The first-order valence-electron chi connectivity index (χ1n) is 17.7. The number of piperidine rings is 1. The van der Waals surface area contributed by atoms with Gasteiger partial charge in [0.15, 0.2) is 46.0 Å². The van der Waals surface area contributed by atoms with Gasteiger partial charge in [-0.2, -0.15) is 0 Å². The zero-order valence-corrected chi connectivity index (χ0v) is 32.5. The number of fused-ring (bicyclic) bond motifs is 2. The fraction of sp³-hybridized carbons (Fsp3) is 0.618. The van der Waals surface area contributed by atoms with Crippen molar-refractivity contribution in [2.24, 2.45) is 5.92 Å². The third-order valence-electron chi connectivity index (χ3n) is 9.68. The molecule has 3 aliphatic rings. The highest BCUT2D eigenvalue weighted by atomic mass is 79.9. The lowest BCUT2D eigenvalue weighted by Crippen LogP contribution is -2.61. The summed E-state index contributed by atoms with van der Waals surface area (Å²) in [7, 11) is 0. The number of hydrogen-bond acceptors (Lipinski definition) is 15. The third-order valence-corrected chi connectivity index (χ3v) is 11.7. The first kappa shape index (κ1) is 40.9. The van der Waals surface area contributed by atoms with Crippen molar-refractivity contribution >= 4 is 56.6 Å². The number of ether oxygens (including phenoxy) is 4. The molecule has 0 bridgehead atoms. The summed E-state index contributed by atoms with van der Waals surface area (Å²) in [5.74, 6) is 0.00651. The maximum absolute atomic E-state index is 13.2. The lowest BCUT2D eigenvalue weighted by molar-refractivity contribution is -0.301. The molecule has 1 amide bonds. The number of hydrogen-bond donors (Lipinski definition) is 5. The van der Waals surface area contributed by atoms with Crippen LogP contribution < -0.4 is 15.2 Å². The van der Waals surface area contributed by atoms with Gasteiger partial charge in [0.2, 0.25) is 6.79 Å². The Labute approximate surface area is 319 Å². The molecule has 1 aromatic carbocycles. The van der Waals surface area contributed by atoms with E-state index < -0.39 is 42.8 Å². The standard InChI is InChI=1S/C28H33BrN6O10S.C6H15N/c1-12(44-27-21(38)19(36)20(37)22(45-27)26(40)41)25(39)34-5-2-13(3-6-34)4-7-35-24-18(23(30)31-10-32-24)33-28(35)46-17-9-16-15(8-14(17)29)42-11-43-16;1-4-7(5-2)6-3/h8-10,12-13,19-22,27,36-38H,2-7,11H2,1H3,(H,40,41)(H2,30,31,32);4-6H2,1-3H3/t12-,19-,20-,21+,22-,27+;/m0./s1. The van der Waals surface area contributed by atoms with Crippen LogP contribution in [0.5, 0.6) is 11.5 Å². The van der Waals surface area contributed by atoms with Crippen molar-refractivity contribution in [2.75, 3.05) is 45.3 Å². The number of carbonyl (C=O) groups is 2. The largest absolute Gasteiger partial charge is 0.479 e. The van der Waals surface area contributed by atoms with Crippen molar-refractivity contribution in [3.63, 3.8) is 0 Å². The number of carboxylic acids is 1. The summed E-state index contributed by atoms with van der Waals surface area (Å²) in [5, 5.41) is 40.1. The zero-order valence-electron chi connectivity index (χ0n) is 30.1. The molecule has 2 saturated heterocycles. The molecule has 6 rings (SSSR count). The second-order valence-electron chi connectivity index (χ2n) is 12.9. The smallest absolute Gasteiger partial charge is 0.335 e. The summed E-state index contributed by atoms with van der Waals surface area (Å²) >= 11 is 5.05. The Morgan fingerprint density at radius 3 is 2.34 bits per heavy atom. The van der Waals surface area contributed by atoms with E-state index in [1.54, 1.807) is 4.90 Å². The van der Waals surface area contributed by atoms with Crippen LogP contribution in [0, 0.1) is 5.92 Å². The molecule has 6 atom stereocenters. The molecule has 2 fully saturated rings. The molecule has 53 heavy (non-hydrogen) atoms. The van der Waals surface area contributed by atoms with Gasteiger partial charge in [-0.15, -0.1) is 0 Å². The number of halogens is 1. The number of carbonyl (C=O) groups excluding carboxylic acids is 1. The van der Waals surface area contributed by atoms with E-state index in [0.717, 1.165) is 28.6 Å². The number of anilines is 1. The Morgan fingerprint density at radius 1 is 1.06 bits per heavy atom. The van der Waals surface area contributed by atoms with E-state index in [-0.39, 0.29) is 18.5 Å². The molecule has 0 spiro atoms. The second kappa shape index (κ2) is 18.4. The minimum atomic E-state index is -1.84. The van der Waals surface area contributed by atoms with Crippen molar-refractivity contribution in [1.29, 1.82) is 0 Å². The van der Waals surface area contributed by atoms with Crippen LogP contribution in [0.4, 0.5) is 5.82 Å². The lowest BCUT2D eigenvalue weighted by atomic mass is 9.93. The van der Waals surface area contributed by atoms with Gasteiger partial charge in [-0.25, -0.2) is 19.7 Å². The molecule has 6 N–H and O–H groups in total. The average molecular weight is 827 g/mol. The van der Waals surface area contributed by atoms with Crippen LogP contribution >= 0.6 is 27.7 Å². The van der Waals surface area contributed by atoms with Gasteiger partial charge in [0.1, 0.15) is 30.7 Å². The Bertz CT molecular complexity index is 1720. The summed E-state index contributed by atoms with van der Waals surface area (Å²) in [6.45, 7) is 13.3. The number of benzene rings is 1. The van der Waals surface area contributed by atoms with Gasteiger partial charge in [-0.05, 0) is 79.8 Å². The number of aromatic nitrogens is 4. The second-order valence-corrected chi connectivity index (χ2v) is 14.8. The van der Waals surface area contributed by atoms with E-state index >= 15 is 0 Å². The van der Waals surface area contributed by atoms with Gasteiger partial charge in [-0.3, -0.25) is 4.79 Å². The molecular weight excluding hydrogens is 778 g/mol. The highest BCUT2D eigenvalue weighted by molar-refractivity contribution is 9.10. The Morgan fingerprint density at radius 2 is 1.72 bits per heavy atom. The van der Waals surface area contributed by atoms with Crippen LogP contribution in [0.1, 0.15) is 47.0 Å². The van der Waals surface area contributed by atoms with Crippen LogP contribution in [-0.2, 0) is 25.6 Å². The van der Waals surface area contributed by atoms with Gasteiger partial charge in [0.05, 0.1) is 0 Å². The maximum Gasteiger partial charge on any atom is 0.335 e. The number of aliphatic hydroxyl groups excluding tert-OH is 3. The van der Waals surface area contributed by atoms with E-state index in [1.807, 2.05) is 16.7 Å². The lowest BCUT2D eigenvalue weighted by Gasteiger charge is -2.40.